The first-order valence-electron chi connectivity index (χ1n) is 8.78. The Bertz CT molecular complexity index is 1130. The van der Waals surface area contributed by atoms with Crippen molar-refractivity contribution in [2.75, 3.05) is 5.32 Å². The predicted octanol–water partition coefficient (Wildman–Crippen LogP) is 5.05. The Hall–Kier alpha value is -3.87. The van der Waals surface area contributed by atoms with Crippen molar-refractivity contribution < 1.29 is 9.53 Å². The van der Waals surface area contributed by atoms with E-state index in [1.54, 1.807) is 35.7 Å². The van der Waals surface area contributed by atoms with E-state index in [1.807, 2.05) is 37.3 Å². The molecule has 0 unspecified atom stereocenters. The van der Waals surface area contributed by atoms with Crippen molar-refractivity contribution in [2.24, 2.45) is 0 Å². The maximum Gasteiger partial charge on any atom is 0.266 e. The lowest BCUT2D eigenvalue weighted by molar-refractivity contribution is -0.112. The maximum absolute atomic E-state index is 12.3. The molecule has 6 heteroatoms. The minimum Gasteiger partial charge on any atom is -0.489 e. The van der Waals surface area contributed by atoms with Gasteiger partial charge in [0.15, 0.2) is 0 Å². The smallest absolute Gasteiger partial charge is 0.266 e. The number of carbonyl (C=O) groups is 1. The van der Waals surface area contributed by atoms with E-state index < -0.39 is 5.91 Å². The number of carbonyl (C=O) groups excluding carboxylic acids is 1. The van der Waals surface area contributed by atoms with E-state index in [4.69, 9.17) is 10.00 Å². The van der Waals surface area contributed by atoms with Crippen LogP contribution in [0.2, 0.25) is 0 Å². The molecule has 0 spiro atoms. The second kappa shape index (κ2) is 9.36. The van der Waals surface area contributed by atoms with Crippen molar-refractivity contribution >= 4 is 28.3 Å². The molecule has 2 aromatic carbocycles. The van der Waals surface area contributed by atoms with Gasteiger partial charge in [-0.25, -0.2) is 0 Å². The van der Waals surface area contributed by atoms with E-state index >= 15 is 0 Å². The summed E-state index contributed by atoms with van der Waals surface area (Å²) in [6.07, 6.45) is 1.50. The summed E-state index contributed by atoms with van der Waals surface area (Å²) < 4.78 is 5.78. The van der Waals surface area contributed by atoms with Crippen LogP contribution in [0.5, 0.6) is 5.75 Å². The summed E-state index contributed by atoms with van der Waals surface area (Å²) in [6.45, 7) is 2.50. The van der Waals surface area contributed by atoms with Crippen LogP contribution in [0.1, 0.15) is 22.3 Å². The number of hydrogen-bond donors (Lipinski definition) is 1. The molecule has 0 aliphatic rings. The van der Waals surface area contributed by atoms with Crippen LogP contribution in [0.3, 0.4) is 0 Å². The number of nitrogens with one attached hydrogen (secondary N) is 1. The minimum atomic E-state index is -0.550. The number of thiophene rings is 1. The number of amides is 1. The first-order valence-corrected chi connectivity index (χ1v) is 9.66. The van der Waals surface area contributed by atoms with Crippen molar-refractivity contribution in [2.45, 2.75) is 13.5 Å². The summed E-state index contributed by atoms with van der Waals surface area (Å²) in [4.78, 5) is 12.3. The predicted molar refractivity (Wildman–Crippen MR) is 113 cm³/mol. The van der Waals surface area contributed by atoms with Crippen LogP contribution in [0.25, 0.3) is 6.08 Å². The Morgan fingerprint density at radius 3 is 2.66 bits per heavy atom. The molecule has 0 radical (unpaired) electrons. The van der Waals surface area contributed by atoms with Crippen LogP contribution < -0.4 is 10.1 Å². The molecule has 5 nitrogen and oxygen atoms in total. The Kier molecular flexibility index (Phi) is 6.42. The lowest BCUT2D eigenvalue weighted by atomic mass is 10.1. The van der Waals surface area contributed by atoms with E-state index in [0.29, 0.717) is 28.5 Å². The number of ether oxygens (including phenoxy) is 1. The van der Waals surface area contributed by atoms with Gasteiger partial charge < -0.3 is 10.1 Å². The van der Waals surface area contributed by atoms with Crippen LogP contribution in [0.4, 0.5) is 5.00 Å². The summed E-state index contributed by atoms with van der Waals surface area (Å²) in [7, 11) is 0. The summed E-state index contributed by atoms with van der Waals surface area (Å²) in [5.74, 6) is 0.148. The highest BCUT2D eigenvalue weighted by atomic mass is 32.1. The molecule has 1 aromatic heterocycles. The molecule has 0 aliphatic carbocycles. The quantitative estimate of drug-likeness (QED) is 0.464. The third kappa shape index (κ3) is 5.32. The third-order valence-electron chi connectivity index (χ3n) is 4.06. The highest BCUT2D eigenvalue weighted by molar-refractivity contribution is 7.14. The van der Waals surface area contributed by atoms with Crippen molar-refractivity contribution in [3.05, 3.63) is 87.8 Å². The summed E-state index contributed by atoms with van der Waals surface area (Å²) in [5.41, 5.74) is 3.29. The van der Waals surface area contributed by atoms with Crippen molar-refractivity contribution in [1.29, 1.82) is 10.5 Å². The molecule has 1 amide bonds. The van der Waals surface area contributed by atoms with Gasteiger partial charge in [0.05, 0.1) is 5.56 Å². The highest BCUT2D eigenvalue weighted by Gasteiger charge is 2.13. The number of hydrogen-bond acceptors (Lipinski definition) is 5. The molecule has 3 rings (SSSR count). The van der Waals surface area contributed by atoms with Gasteiger partial charge >= 0.3 is 0 Å². The number of aryl methyl sites for hydroxylation is 1. The van der Waals surface area contributed by atoms with Gasteiger partial charge in [0, 0.05) is 0 Å². The Labute approximate surface area is 173 Å². The largest absolute Gasteiger partial charge is 0.489 e. The topological polar surface area (TPSA) is 85.9 Å². The second-order valence-corrected chi connectivity index (χ2v) is 7.16. The van der Waals surface area contributed by atoms with E-state index in [-0.39, 0.29) is 5.57 Å². The molecule has 0 saturated heterocycles. The first-order chi connectivity index (χ1) is 14.1. The summed E-state index contributed by atoms with van der Waals surface area (Å²) >= 11 is 1.24. The first kappa shape index (κ1) is 19.9. The van der Waals surface area contributed by atoms with Crippen LogP contribution >= 0.6 is 11.3 Å². The number of rotatable bonds is 6. The molecule has 1 N–H and O–H groups in total. The third-order valence-corrected chi connectivity index (χ3v) is 4.89. The van der Waals surface area contributed by atoms with Gasteiger partial charge in [-0.05, 0) is 47.7 Å². The van der Waals surface area contributed by atoms with Gasteiger partial charge in [-0.15, -0.1) is 11.3 Å². The zero-order valence-corrected chi connectivity index (χ0v) is 16.5. The number of nitrogens with zero attached hydrogens (tertiary/aromatic N) is 2. The second-order valence-electron chi connectivity index (χ2n) is 6.25. The van der Waals surface area contributed by atoms with E-state index in [2.05, 4.69) is 11.4 Å². The van der Waals surface area contributed by atoms with Gasteiger partial charge in [-0.3, -0.25) is 4.79 Å². The molecular weight excluding hydrogens is 382 g/mol. The van der Waals surface area contributed by atoms with Gasteiger partial charge in [0.25, 0.3) is 5.91 Å². The molecular formula is C23H17N3O2S. The fourth-order valence-corrected chi connectivity index (χ4v) is 3.34. The molecule has 0 aliphatic heterocycles. The summed E-state index contributed by atoms with van der Waals surface area (Å²) in [5, 5.41) is 23.1. The molecule has 0 fully saturated rings. The fraction of sp³-hybridized carbons (Fsp3) is 0.0870. The van der Waals surface area contributed by atoms with Gasteiger partial charge in [-0.2, -0.15) is 10.5 Å². The van der Waals surface area contributed by atoms with Crippen LogP contribution in [0.15, 0.2) is 65.6 Å². The number of nitriles is 2. The normalized spacial score (nSPS) is 10.7. The SMILES string of the molecule is Cc1cccc(COc2ccc(/C=C(/C#N)C(=O)Nc3sccc3C#N)cc2)c1. The van der Waals surface area contributed by atoms with Gasteiger partial charge in [-0.1, -0.05) is 42.0 Å². The fourth-order valence-electron chi connectivity index (χ4n) is 2.61. The standard InChI is InChI=1S/C23H17N3O2S/c1-16-3-2-4-18(11-16)15-28-21-7-5-17(6-8-21)12-20(14-25)22(27)26-23-19(13-24)9-10-29-23/h2-12H,15H2,1H3,(H,26,27)/b20-12-. The van der Waals surface area contributed by atoms with Crippen LogP contribution in [0, 0.1) is 29.6 Å². The molecule has 0 atom stereocenters. The van der Waals surface area contributed by atoms with Crippen molar-refractivity contribution in [3.8, 4) is 17.9 Å². The summed E-state index contributed by atoms with van der Waals surface area (Å²) in [6, 6.07) is 20.8. The molecule has 3 aromatic rings. The van der Waals surface area contributed by atoms with Gasteiger partial charge in [0.2, 0.25) is 0 Å². The van der Waals surface area contributed by atoms with E-state index in [9.17, 15) is 10.1 Å². The Balaban J connectivity index is 1.66. The average molecular weight is 399 g/mol. The zero-order valence-electron chi connectivity index (χ0n) is 15.7. The minimum absolute atomic E-state index is 0.0456. The molecule has 1 heterocycles. The monoisotopic (exact) mass is 399 g/mol. The Morgan fingerprint density at radius 2 is 1.97 bits per heavy atom. The van der Waals surface area contributed by atoms with Crippen LogP contribution in [-0.2, 0) is 11.4 Å². The zero-order chi connectivity index (χ0) is 20.6. The van der Waals surface area contributed by atoms with E-state index in [1.165, 1.54) is 23.0 Å². The van der Waals surface area contributed by atoms with E-state index in [0.717, 1.165) is 5.56 Å². The maximum atomic E-state index is 12.3. The molecule has 29 heavy (non-hydrogen) atoms. The lowest BCUT2D eigenvalue weighted by Gasteiger charge is -2.07. The number of anilines is 1. The number of benzene rings is 2. The van der Waals surface area contributed by atoms with Crippen LogP contribution in [-0.4, -0.2) is 5.91 Å². The van der Waals surface area contributed by atoms with Crippen molar-refractivity contribution in [3.63, 3.8) is 0 Å². The van der Waals surface area contributed by atoms with Gasteiger partial charge in [0.1, 0.15) is 35.1 Å². The lowest BCUT2D eigenvalue weighted by Crippen LogP contribution is -2.13. The van der Waals surface area contributed by atoms with Crippen molar-refractivity contribution in [1.82, 2.24) is 0 Å². The molecule has 142 valence electrons. The molecule has 0 saturated carbocycles. The highest BCUT2D eigenvalue weighted by Crippen LogP contribution is 2.23. The Morgan fingerprint density at radius 1 is 1.17 bits per heavy atom. The molecule has 0 bridgehead atoms. The average Bonchev–Trinajstić information content (AvgIpc) is 3.18.